The molecule has 0 aliphatic carbocycles. The molecule has 1 aromatic heterocycles. The van der Waals surface area contributed by atoms with Crippen LogP contribution in [0, 0.1) is 18.8 Å². The third-order valence-corrected chi connectivity index (χ3v) is 3.87. The van der Waals surface area contributed by atoms with Crippen molar-refractivity contribution < 1.29 is 4.74 Å². The highest BCUT2D eigenvalue weighted by Crippen LogP contribution is 2.18. The maximum atomic E-state index is 5.24. The van der Waals surface area contributed by atoms with Crippen molar-refractivity contribution in [1.29, 1.82) is 0 Å². The molecule has 0 saturated heterocycles. The zero-order valence-electron chi connectivity index (χ0n) is 14.5. The molecule has 3 aromatic rings. The SMILES string of the molecule is COCc1ccc(C)cc1C#CCCNc1ncnc2ccccc12. The Morgan fingerprint density at radius 2 is 2.00 bits per heavy atom. The zero-order valence-corrected chi connectivity index (χ0v) is 14.5. The lowest BCUT2D eigenvalue weighted by Crippen LogP contribution is -2.03. The van der Waals surface area contributed by atoms with Crippen molar-refractivity contribution in [2.75, 3.05) is 19.0 Å². The number of ether oxygens (including phenoxy) is 1. The van der Waals surface area contributed by atoms with Gasteiger partial charge in [-0.2, -0.15) is 0 Å². The molecule has 0 fully saturated rings. The van der Waals surface area contributed by atoms with Crippen LogP contribution in [0.2, 0.25) is 0 Å². The van der Waals surface area contributed by atoms with Crippen LogP contribution in [0.4, 0.5) is 5.82 Å². The van der Waals surface area contributed by atoms with E-state index in [-0.39, 0.29) is 0 Å². The third kappa shape index (κ3) is 4.34. The number of hydrogen-bond donors (Lipinski definition) is 1. The van der Waals surface area contributed by atoms with Gasteiger partial charge in [-0.1, -0.05) is 36.1 Å². The van der Waals surface area contributed by atoms with Crippen molar-refractivity contribution in [2.24, 2.45) is 0 Å². The van der Waals surface area contributed by atoms with E-state index < -0.39 is 0 Å². The maximum absolute atomic E-state index is 5.24. The van der Waals surface area contributed by atoms with Gasteiger partial charge in [0.15, 0.2) is 0 Å². The molecule has 126 valence electrons. The number of nitrogens with one attached hydrogen (secondary N) is 1. The van der Waals surface area contributed by atoms with E-state index in [1.54, 1.807) is 13.4 Å². The first kappa shape index (κ1) is 16.9. The summed E-state index contributed by atoms with van der Waals surface area (Å²) in [5.41, 5.74) is 4.30. The van der Waals surface area contributed by atoms with E-state index in [1.165, 1.54) is 5.56 Å². The quantitative estimate of drug-likeness (QED) is 0.568. The fourth-order valence-corrected chi connectivity index (χ4v) is 2.63. The van der Waals surface area contributed by atoms with E-state index in [4.69, 9.17) is 4.74 Å². The first-order chi connectivity index (χ1) is 12.3. The molecule has 0 saturated carbocycles. The number of benzene rings is 2. The molecule has 25 heavy (non-hydrogen) atoms. The predicted molar refractivity (Wildman–Crippen MR) is 101 cm³/mol. The van der Waals surface area contributed by atoms with Gasteiger partial charge in [0, 0.05) is 31.0 Å². The number of hydrogen-bond acceptors (Lipinski definition) is 4. The summed E-state index contributed by atoms with van der Waals surface area (Å²) >= 11 is 0. The molecule has 1 N–H and O–H groups in total. The minimum atomic E-state index is 0.579. The van der Waals surface area contributed by atoms with Crippen molar-refractivity contribution in [1.82, 2.24) is 9.97 Å². The normalized spacial score (nSPS) is 10.3. The third-order valence-electron chi connectivity index (χ3n) is 3.87. The molecule has 4 heteroatoms. The van der Waals surface area contributed by atoms with Crippen LogP contribution in [0.15, 0.2) is 48.8 Å². The van der Waals surface area contributed by atoms with Crippen LogP contribution in [0.25, 0.3) is 10.9 Å². The van der Waals surface area contributed by atoms with Crippen LogP contribution in [0.1, 0.15) is 23.1 Å². The summed E-state index contributed by atoms with van der Waals surface area (Å²) in [6.07, 6.45) is 2.32. The standard InChI is InChI=1S/C21H21N3O/c1-16-10-11-18(14-25-2)17(13-16)7-5-6-12-22-21-19-8-3-4-9-20(19)23-15-24-21/h3-4,8-11,13,15H,6,12,14H2,1-2H3,(H,22,23,24). The molecule has 0 radical (unpaired) electrons. The lowest BCUT2D eigenvalue weighted by molar-refractivity contribution is 0.184. The summed E-state index contributed by atoms with van der Waals surface area (Å²) < 4.78 is 5.24. The molecular weight excluding hydrogens is 310 g/mol. The minimum Gasteiger partial charge on any atom is -0.380 e. The first-order valence-corrected chi connectivity index (χ1v) is 8.29. The Hall–Kier alpha value is -2.90. The van der Waals surface area contributed by atoms with Gasteiger partial charge in [0.25, 0.3) is 0 Å². The minimum absolute atomic E-state index is 0.579. The van der Waals surface area contributed by atoms with Crippen LogP contribution < -0.4 is 5.32 Å². The molecular formula is C21H21N3O. The van der Waals surface area contributed by atoms with E-state index in [1.807, 2.05) is 24.3 Å². The zero-order chi connectivity index (χ0) is 17.5. The maximum Gasteiger partial charge on any atom is 0.137 e. The van der Waals surface area contributed by atoms with E-state index in [0.717, 1.165) is 40.8 Å². The second-order valence-corrected chi connectivity index (χ2v) is 5.81. The van der Waals surface area contributed by atoms with Crippen molar-refractivity contribution in [2.45, 2.75) is 20.0 Å². The fourth-order valence-electron chi connectivity index (χ4n) is 2.63. The van der Waals surface area contributed by atoms with Gasteiger partial charge in [-0.05, 0) is 36.2 Å². The van der Waals surface area contributed by atoms with Crippen LogP contribution >= 0.6 is 0 Å². The van der Waals surface area contributed by atoms with E-state index >= 15 is 0 Å². The van der Waals surface area contributed by atoms with E-state index in [9.17, 15) is 0 Å². The summed E-state index contributed by atoms with van der Waals surface area (Å²) in [6.45, 7) is 3.39. The van der Waals surface area contributed by atoms with Gasteiger partial charge in [-0.25, -0.2) is 9.97 Å². The van der Waals surface area contributed by atoms with Gasteiger partial charge in [0.2, 0.25) is 0 Å². The molecule has 0 bridgehead atoms. The summed E-state index contributed by atoms with van der Waals surface area (Å²) in [7, 11) is 1.70. The second-order valence-electron chi connectivity index (χ2n) is 5.81. The summed E-state index contributed by atoms with van der Waals surface area (Å²) in [5.74, 6) is 7.34. The van der Waals surface area contributed by atoms with Crippen molar-refractivity contribution >= 4 is 16.7 Å². The van der Waals surface area contributed by atoms with Crippen LogP contribution in [0.3, 0.4) is 0 Å². The number of anilines is 1. The lowest BCUT2D eigenvalue weighted by Gasteiger charge is -2.06. The van der Waals surface area contributed by atoms with Crippen LogP contribution in [-0.4, -0.2) is 23.6 Å². The van der Waals surface area contributed by atoms with Gasteiger partial charge in [0.05, 0.1) is 12.1 Å². The van der Waals surface area contributed by atoms with E-state index in [0.29, 0.717) is 6.61 Å². The Bertz CT molecular complexity index is 920. The van der Waals surface area contributed by atoms with Crippen molar-refractivity contribution in [3.63, 3.8) is 0 Å². The first-order valence-electron chi connectivity index (χ1n) is 8.29. The Morgan fingerprint density at radius 3 is 2.88 bits per heavy atom. The predicted octanol–water partition coefficient (Wildman–Crippen LogP) is 3.94. The highest BCUT2D eigenvalue weighted by Gasteiger charge is 2.02. The second kappa shape index (κ2) is 8.27. The number of rotatable bonds is 5. The molecule has 4 nitrogen and oxygen atoms in total. The van der Waals surface area contributed by atoms with Gasteiger partial charge < -0.3 is 10.1 Å². The molecule has 0 amide bonds. The Morgan fingerprint density at radius 1 is 1.12 bits per heavy atom. The highest BCUT2D eigenvalue weighted by molar-refractivity contribution is 5.88. The summed E-state index contributed by atoms with van der Waals surface area (Å²) in [6, 6.07) is 14.2. The lowest BCUT2D eigenvalue weighted by atomic mass is 10.1. The molecule has 0 unspecified atom stereocenters. The average Bonchev–Trinajstić information content (AvgIpc) is 2.64. The monoisotopic (exact) mass is 331 g/mol. The number of fused-ring (bicyclic) bond motifs is 1. The number of nitrogens with zero attached hydrogens (tertiary/aromatic N) is 2. The highest BCUT2D eigenvalue weighted by atomic mass is 16.5. The number of aromatic nitrogens is 2. The Balaban J connectivity index is 1.64. The molecule has 0 aliphatic rings. The average molecular weight is 331 g/mol. The molecule has 1 heterocycles. The molecule has 0 atom stereocenters. The van der Waals surface area contributed by atoms with Gasteiger partial charge in [0.1, 0.15) is 12.1 Å². The number of para-hydroxylation sites is 1. The summed E-state index contributed by atoms with van der Waals surface area (Å²) in [5, 5.41) is 4.37. The van der Waals surface area contributed by atoms with E-state index in [2.05, 4.69) is 52.2 Å². The fraction of sp³-hybridized carbons (Fsp3) is 0.238. The number of methoxy groups -OCH3 is 1. The molecule has 0 aliphatic heterocycles. The van der Waals surface area contributed by atoms with Crippen molar-refractivity contribution in [3.8, 4) is 11.8 Å². The topological polar surface area (TPSA) is 47.0 Å². The smallest absolute Gasteiger partial charge is 0.137 e. The Kier molecular flexibility index (Phi) is 5.61. The number of aryl methyl sites for hydroxylation is 1. The Labute approximate surface area is 148 Å². The van der Waals surface area contributed by atoms with Gasteiger partial charge in [-0.3, -0.25) is 0 Å². The molecule has 3 rings (SSSR count). The molecule has 0 spiro atoms. The van der Waals surface area contributed by atoms with Crippen LogP contribution in [-0.2, 0) is 11.3 Å². The summed E-state index contributed by atoms with van der Waals surface area (Å²) in [4.78, 5) is 8.60. The van der Waals surface area contributed by atoms with Gasteiger partial charge in [-0.15, -0.1) is 0 Å². The van der Waals surface area contributed by atoms with Crippen LogP contribution in [0.5, 0.6) is 0 Å². The van der Waals surface area contributed by atoms with Crippen molar-refractivity contribution in [3.05, 3.63) is 65.5 Å². The molecule has 2 aromatic carbocycles. The largest absolute Gasteiger partial charge is 0.380 e. The van der Waals surface area contributed by atoms with Gasteiger partial charge >= 0.3 is 0 Å².